The van der Waals surface area contributed by atoms with Crippen molar-refractivity contribution in [2.75, 3.05) is 6.54 Å². The zero-order valence-corrected chi connectivity index (χ0v) is 32.7. The SMILES string of the molecule is Cc1onc(C(=O)N[C@H]2CCCCC/C=C\[C@@H]3C[C@@]3(C(=O)NS(=O)(=O)C3(C)CC3)NC(=O)[C@@H]3C[C@@H](Oc4nc5cc(F)ccc5nc4C(C)(F)F)CN3C2=O)c1C. The lowest BCUT2D eigenvalue weighted by atomic mass is 10.0. The van der Waals surface area contributed by atoms with Crippen molar-refractivity contribution in [3.05, 3.63) is 58.9 Å². The second-order valence-electron chi connectivity index (χ2n) is 15.8. The molecule has 2 aliphatic carbocycles. The average molecular weight is 816 g/mol. The van der Waals surface area contributed by atoms with Gasteiger partial charge in [0.05, 0.1) is 22.3 Å². The number of allylic oxidation sites excluding steroid dienone is 1. The van der Waals surface area contributed by atoms with E-state index < -0.39 is 91.4 Å². The first-order chi connectivity index (χ1) is 26.8. The number of benzene rings is 1. The number of fused-ring (bicyclic) bond motifs is 3. The van der Waals surface area contributed by atoms with Crippen LogP contribution in [0.5, 0.6) is 5.88 Å². The van der Waals surface area contributed by atoms with Crippen LogP contribution in [0.1, 0.15) is 99.1 Å². The fourth-order valence-corrected chi connectivity index (χ4v) is 8.65. The minimum absolute atomic E-state index is 0.0145. The number of amides is 4. The number of rotatable bonds is 8. The summed E-state index contributed by atoms with van der Waals surface area (Å²) in [5.74, 6) is -8.17. The van der Waals surface area contributed by atoms with Gasteiger partial charge >= 0.3 is 0 Å². The summed E-state index contributed by atoms with van der Waals surface area (Å²) >= 11 is 0. The van der Waals surface area contributed by atoms with Gasteiger partial charge in [0.25, 0.3) is 17.7 Å². The van der Waals surface area contributed by atoms with Crippen molar-refractivity contribution in [2.24, 2.45) is 5.92 Å². The number of alkyl halides is 2. The van der Waals surface area contributed by atoms with Gasteiger partial charge in [-0.25, -0.2) is 22.8 Å². The van der Waals surface area contributed by atoms with Crippen molar-refractivity contribution < 1.29 is 50.0 Å². The molecular weight excluding hydrogens is 772 g/mol. The lowest BCUT2D eigenvalue weighted by molar-refractivity contribution is -0.141. The predicted octanol–water partition coefficient (Wildman–Crippen LogP) is 4.03. The molecule has 4 aliphatic rings. The first kappa shape index (κ1) is 40.1. The number of nitrogens with one attached hydrogen (secondary N) is 3. The van der Waals surface area contributed by atoms with Crippen molar-refractivity contribution in [3.8, 4) is 5.88 Å². The molecule has 19 heteroatoms. The molecule has 1 saturated heterocycles. The topological polar surface area (TPSA) is 203 Å². The van der Waals surface area contributed by atoms with E-state index >= 15 is 0 Å². The third-order valence-electron chi connectivity index (χ3n) is 11.4. The zero-order chi connectivity index (χ0) is 41.1. The van der Waals surface area contributed by atoms with Crippen LogP contribution in [0.2, 0.25) is 0 Å². The van der Waals surface area contributed by atoms with Gasteiger partial charge in [0.15, 0.2) is 11.4 Å². The van der Waals surface area contributed by atoms with Crippen LogP contribution >= 0.6 is 0 Å². The number of aromatic nitrogens is 3. The van der Waals surface area contributed by atoms with Crippen molar-refractivity contribution in [1.29, 1.82) is 0 Å². The Labute approximate surface area is 326 Å². The second kappa shape index (κ2) is 14.7. The first-order valence-corrected chi connectivity index (χ1v) is 20.4. The van der Waals surface area contributed by atoms with Gasteiger partial charge in [-0.3, -0.25) is 23.9 Å². The van der Waals surface area contributed by atoms with E-state index in [4.69, 9.17) is 9.26 Å². The first-order valence-electron chi connectivity index (χ1n) is 18.9. The molecule has 7 rings (SSSR count). The number of hydrogen-bond acceptors (Lipinski definition) is 11. The Morgan fingerprint density at radius 1 is 1.11 bits per heavy atom. The molecule has 15 nitrogen and oxygen atoms in total. The van der Waals surface area contributed by atoms with E-state index in [0.717, 1.165) is 17.0 Å². The van der Waals surface area contributed by atoms with E-state index in [1.54, 1.807) is 19.9 Å². The Morgan fingerprint density at radius 2 is 1.86 bits per heavy atom. The number of nitrogens with zero attached hydrogens (tertiary/aromatic N) is 4. The lowest BCUT2D eigenvalue weighted by Gasteiger charge is -2.30. The molecular formula is C38H44F3N7O8S. The molecule has 4 heterocycles. The van der Waals surface area contributed by atoms with Gasteiger partial charge in [-0.15, -0.1) is 0 Å². The van der Waals surface area contributed by atoms with Crippen LogP contribution in [0.15, 0.2) is 34.9 Å². The minimum Gasteiger partial charge on any atom is -0.471 e. The number of carbonyl (C=O) groups excluding carboxylic acids is 4. The highest BCUT2D eigenvalue weighted by molar-refractivity contribution is 7.91. The van der Waals surface area contributed by atoms with Gasteiger partial charge in [0.2, 0.25) is 27.7 Å². The van der Waals surface area contributed by atoms with Crippen LogP contribution in [0.25, 0.3) is 11.0 Å². The van der Waals surface area contributed by atoms with Crippen LogP contribution in [0.3, 0.4) is 0 Å². The van der Waals surface area contributed by atoms with E-state index in [2.05, 4.69) is 30.5 Å². The number of sulfonamides is 1. The molecule has 57 heavy (non-hydrogen) atoms. The molecule has 0 unspecified atom stereocenters. The largest absolute Gasteiger partial charge is 0.471 e. The highest BCUT2D eigenvalue weighted by atomic mass is 32.2. The smallest absolute Gasteiger partial charge is 0.292 e. The number of ether oxygens (including phenoxy) is 1. The average Bonchev–Trinajstić information content (AvgIpc) is 3.97. The number of hydrogen-bond donors (Lipinski definition) is 3. The van der Waals surface area contributed by atoms with E-state index in [1.165, 1.54) is 13.0 Å². The van der Waals surface area contributed by atoms with Gasteiger partial charge in [-0.1, -0.05) is 30.2 Å². The maximum absolute atomic E-state index is 15.0. The minimum atomic E-state index is -4.09. The highest BCUT2D eigenvalue weighted by Crippen LogP contribution is 2.47. The summed E-state index contributed by atoms with van der Waals surface area (Å²) < 4.78 is 82.6. The molecule has 0 bridgehead atoms. The highest BCUT2D eigenvalue weighted by Gasteiger charge is 2.63. The number of halogens is 3. The number of aryl methyl sites for hydroxylation is 1. The molecule has 5 atom stereocenters. The van der Waals surface area contributed by atoms with E-state index in [1.807, 2.05) is 6.08 Å². The standard InChI is InChI=1S/C38H44F3N7O8S/c1-20-21(2)56-46-29(20)32(50)43-26-11-9-7-5-6-8-10-22-18-38(22,35(52)47-57(53,54)36(3)14-15-36)45-31(49)28-17-24(19-48(28)34(26)51)55-33-30(37(4,40)41)42-25-13-12-23(39)16-27(25)44-33/h8,10,12-13,16,22,24,26,28H,5-7,9,11,14-15,17-19H2,1-4H3,(H,43,50)(H,45,49)(H,47,52)/b10-8-/t22-,24-,26+,28+,38-/m1/s1. The quantitative estimate of drug-likeness (QED) is 0.277. The fraction of sp³-hybridized carbons (Fsp3) is 0.553. The van der Waals surface area contributed by atoms with E-state index in [9.17, 15) is 40.8 Å². The van der Waals surface area contributed by atoms with E-state index in [0.29, 0.717) is 56.8 Å². The lowest BCUT2D eigenvalue weighted by Crippen LogP contribution is -2.58. The third-order valence-corrected chi connectivity index (χ3v) is 13.6. The Kier molecular flexibility index (Phi) is 10.4. The maximum Gasteiger partial charge on any atom is 0.292 e. The molecule has 2 saturated carbocycles. The van der Waals surface area contributed by atoms with Gasteiger partial charge in [0, 0.05) is 30.9 Å². The molecule has 4 amide bonds. The molecule has 3 aromatic rings. The Bertz CT molecular complexity index is 2270. The van der Waals surface area contributed by atoms with Gasteiger partial charge in [0.1, 0.15) is 35.3 Å². The monoisotopic (exact) mass is 815 g/mol. The molecule has 0 radical (unpaired) electrons. The Hall–Kier alpha value is -5.07. The molecule has 2 aromatic heterocycles. The van der Waals surface area contributed by atoms with Crippen LogP contribution in [-0.2, 0) is 30.3 Å². The summed E-state index contributed by atoms with van der Waals surface area (Å²) in [7, 11) is -4.09. The van der Waals surface area contributed by atoms with Crippen molar-refractivity contribution in [3.63, 3.8) is 0 Å². The molecule has 306 valence electrons. The maximum atomic E-state index is 15.0. The van der Waals surface area contributed by atoms with Crippen LogP contribution < -0.4 is 20.1 Å². The van der Waals surface area contributed by atoms with Crippen LogP contribution in [0.4, 0.5) is 13.2 Å². The second-order valence-corrected chi connectivity index (χ2v) is 18.0. The van der Waals surface area contributed by atoms with Crippen LogP contribution in [-0.4, -0.2) is 87.1 Å². The van der Waals surface area contributed by atoms with Gasteiger partial charge < -0.3 is 24.8 Å². The Morgan fingerprint density at radius 3 is 2.54 bits per heavy atom. The van der Waals surface area contributed by atoms with Crippen molar-refractivity contribution in [1.82, 2.24) is 35.4 Å². The summed E-state index contributed by atoms with van der Waals surface area (Å²) in [5, 5.41) is 9.32. The van der Waals surface area contributed by atoms with Crippen LogP contribution in [0, 0.1) is 25.6 Å². The van der Waals surface area contributed by atoms with Gasteiger partial charge in [-0.2, -0.15) is 8.78 Å². The van der Waals surface area contributed by atoms with Crippen molar-refractivity contribution in [2.45, 2.75) is 120 Å². The fourth-order valence-electron chi connectivity index (χ4n) is 7.34. The molecule has 0 spiro atoms. The summed E-state index contributed by atoms with van der Waals surface area (Å²) in [6, 6.07) is 0.689. The Balaban J connectivity index is 1.23. The summed E-state index contributed by atoms with van der Waals surface area (Å²) in [5.41, 5.74) is -2.16. The molecule has 2 aliphatic heterocycles. The summed E-state index contributed by atoms with van der Waals surface area (Å²) in [6.07, 6.45) is 5.64. The molecule has 3 N–H and O–H groups in total. The normalized spacial score (nSPS) is 27.0. The number of carbonyl (C=O) groups is 4. The molecule has 1 aromatic carbocycles. The zero-order valence-electron chi connectivity index (χ0n) is 31.9. The third kappa shape index (κ3) is 7.94. The van der Waals surface area contributed by atoms with Crippen molar-refractivity contribution >= 4 is 44.7 Å². The van der Waals surface area contributed by atoms with Gasteiger partial charge in [-0.05, 0) is 71.4 Å². The summed E-state index contributed by atoms with van der Waals surface area (Å²) in [4.78, 5) is 65.6. The van der Waals surface area contributed by atoms with E-state index in [-0.39, 0.29) is 42.5 Å². The summed E-state index contributed by atoms with van der Waals surface area (Å²) in [6.45, 7) is 5.04. The molecule has 3 fully saturated rings. The predicted molar refractivity (Wildman–Crippen MR) is 197 cm³/mol.